The topological polar surface area (TPSA) is 3.24 Å². The van der Waals surface area contributed by atoms with Gasteiger partial charge in [0.25, 0.3) is 0 Å². The molecule has 1 aromatic rings. The summed E-state index contributed by atoms with van der Waals surface area (Å²) in [7, 11) is 0. The quantitative estimate of drug-likeness (QED) is 0.733. The Morgan fingerprint density at radius 1 is 1.12 bits per heavy atom. The van der Waals surface area contributed by atoms with E-state index in [1.807, 2.05) is 0 Å². The molecule has 2 atom stereocenters. The normalized spacial score (nSPS) is 26.6. The molecule has 1 heteroatoms. The van der Waals surface area contributed by atoms with E-state index in [9.17, 15) is 0 Å². The van der Waals surface area contributed by atoms with E-state index in [0.29, 0.717) is 6.04 Å². The van der Waals surface area contributed by atoms with Crippen molar-refractivity contribution in [1.82, 2.24) is 4.90 Å². The Balaban J connectivity index is 2.13. The predicted octanol–water partition coefficient (Wildman–Crippen LogP) is 3.44. The summed E-state index contributed by atoms with van der Waals surface area (Å²) < 4.78 is 0. The highest BCUT2D eigenvalue weighted by Crippen LogP contribution is 2.33. The van der Waals surface area contributed by atoms with Gasteiger partial charge in [-0.1, -0.05) is 36.8 Å². The van der Waals surface area contributed by atoms with Crippen molar-refractivity contribution in [3.05, 3.63) is 35.4 Å². The third-order valence-corrected chi connectivity index (χ3v) is 3.88. The van der Waals surface area contributed by atoms with Gasteiger partial charge in [-0.3, -0.25) is 0 Å². The highest BCUT2D eigenvalue weighted by Gasteiger charge is 2.31. The van der Waals surface area contributed by atoms with Gasteiger partial charge in [-0.2, -0.15) is 0 Å². The molecule has 0 bridgehead atoms. The molecule has 0 aromatic heterocycles. The van der Waals surface area contributed by atoms with Crippen molar-refractivity contribution < 1.29 is 0 Å². The number of hydrogen-bond donors (Lipinski definition) is 0. The molecule has 1 nitrogen and oxygen atoms in total. The third-order valence-electron chi connectivity index (χ3n) is 3.88. The van der Waals surface area contributed by atoms with Crippen molar-refractivity contribution >= 4 is 0 Å². The van der Waals surface area contributed by atoms with E-state index in [4.69, 9.17) is 0 Å². The number of aryl methyl sites for hydroxylation is 1. The van der Waals surface area contributed by atoms with Crippen LogP contribution in [0.4, 0.5) is 0 Å². The first-order chi connectivity index (χ1) is 7.58. The summed E-state index contributed by atoms with van der Waals surface area (Å²) >= 11 is 0. The monoisotopic (exact) mass is 217 g/mol. The summed E-state index contributed by atoms with van der Waals surface area (Å²) in [6.45, 7) is 11.6. The molecule has 88 valence electrons. The number of hydrogen-bond acceptors (Lipinski definition) is 1. The molecule has 1 aliphatic heterocycles. The van der Waals surface area contributed by atoms with Gasteiger partial charge in [0, 0.05) is 25.0 Å². The van der Waals surface area contributed by atoms with Crippen molar-refractivity contribution in [1.29, 1.82) is 0 Å². The fourth-order valence-electron chi connectivity index (χ4n) is 2.67. The van der Waals surface area contributed by atoms with Gasteiger partial charge < -0.3 is 4.90 Å². The molecule has 1 saturated heterocycles. The van der Waals surface area contributed by atoms with Crippen LogP contribution in [0.3, 0.4) is 0 Å². The van der Waals surface area contributed by atoms with Crippen LogP contribution in [-0.4, -0.2) is 24.0 Å². The SMILES string of the molecule is Cc1ccc(C2CN(C(C)C)CC2C)cc1. The summed E-state index contributed by atoms with van der Waals surface area (Å²) in [6.07, 6.45) is 0. The number of rotatable bonds is 2. The fraction of sp³-hybridized carbons (Fsp3) is 0.600. The molecule has 0 radical (unpaired) electrons. The van der Waals surface area contributed by atoms with Gasteiger partial charge in [-0.25, -0.2) is 0 Å². The van der Waals surface area contributed by atoms with Crippen molar-refractivity contribution in [2.75, 3.05) is 13.1 Å². The standard InChI is InChI=1S/C15H23N/c1-11(2)16-9-13(4)15(10-16)14-7-5-12(3)6-8-14/h5-8,11,13,15H,9-10H2,1-4H3. The van der Waals surface area contributed by atoms with Crippen molar-refractivity contribution in [2.45, 2.75) is 39.7 Å². The van der Waals surface area contributed by atoms with Crippen LogP contribution in [0.25, 0.3) is 0 Å². The molecule has 0 amide bonds. The van der Waals surface area contributed by atoms with E-state index in [-0.39, 0.29) is 0 Å². The highest BCUT2D eigenvalue weighted by atomic mass is 15.2. The van der Waals surface area contributed by atoms with Gasteiger partial charge in [-0.05, 0) is 32.3 Å². The maximum atomic E-state index is 2.59. The lowest BCUT2D eigenvalue weighted by molar-refractivity contribution is 0.266. The molecule has 0 aliphatic carbocycles. The Labute approximate surface area is 99.5 Å². The summed E-state index contributed by atoms with van der Waals surface area (Å²) in [5.41, 5.74) is 2.87. The molecular formula is C15H23N. The maximum absolute atomic E-state index is 2.59. The Bertz CT molecular complexity index is 339. The molecule has 1 heterocycles. The van der Waals surface area contributed by atoms with Crippen LogP contribution in [0, 0.1) is 12.8 Å². The molecule has 2 unspecified atom stereocenters. The molecule has 0 N–H and O–H groups in total. The second-order valence-electron chi connectivity index (χ2n) is 5.54. The van der Waals surface area contributed by atoms with E-state index in [1.54, 1.807) is 0 Å². The number of likely N-dealkylation sites (tertiary alicyclic amines) is 1. The van der Waals surface area contributed by atoms with E-state index in [1.165, 1.54) is 24.2 Å². The van der Waals surface area contributed by atoms with Crippen LogP contribution in [-0.2, 0) is 0 Å². The lowest BCUT2D eigenvalue weighted by Gasteiger charge is -2.20. The van der Waals surface area contributed by atoms with Gasteiger partial charge in [0.1, 0.15) is 0 Å². The fourth-order valence-corrected chi connectivity index (χ4v) is 2.67. The van der Waals surface area contributed by atoms with E-state index < -0.39 is 0 Å². The molecule has 1 aliphatic rings. The minimum absolute atomic E-state index is 0.679. The molecule has 0 spiro atoms. The molecule has 0 saturated carbocycles. The third kappa shape index (κ3) is 2.30. The summed E-state index contributed by atoms with van der Waals surface area (Å²) in [6, 6.07) is 9.76. The molecule has 1 aromatic carbocycles. The summed E-state index contributed by atoms with van der Waals surface area (Å²) in [4.78, 5) is 2.59. The van der Waals surface area contributed by atoms with Crippen LogP contribution in [0.1, 0.15) is 37.8 Å². The maximum Gasteiger partial charge on any atom is 0.00561 e. The van der Waals surface area contributed by atoms with Crippen LogP contribution < -0.4 is 0 Å². The lowest BCUT2D eigenvalue weighted by atomic mass is 9.90. The smallest absolute Gasteiger partial charge is 0.00561 e. The molecular weight excluding hydrogens is 194 g/mol. The summed E-state index contributed by atoms with van der Waals surface area (Å²) in [5, 5.41) is 0. The first kappa shape index (κ1) is 11.7. The van der Waals surface area contributed by atoms with Crippen molar-refractivity contribution in [3.8, 4) is 0 Å². The predicted molar refractivity (Wildman–Crippen MR) is 69.8 cm³/mol. The van der Waals surface area contributed by atoms with E-state index >= 15 is 0 Å². The second-order valence-corrected chi connectivity index (χ2v) is 5.54. The van der Waals surface area contributed by atoms with Crippen LogP contribution >= 0.6 is 0 Å². The minimum Gasteiger partial charge on any atom is -0.300 e. The highest BCUT2D eigenvalue weighted by molar-refractivity contribution is 5.26. The Morgan fingerprint density at radius 2 is 1.75 bits per heavy atom. The molecule has 1 fully saturated rings. The van der Waals surface area contributed by atoms with Gasteiger partial charge in [0.2, 0.25) is 0 Å². The van der Waals surface area contributed by atoms with Gasteiger partial charge in [-0.15, -0.1) is 0 Å². The average molecular weight is 217 g/mol. The zero-order valence-electron chi connectivity index (χ0n) is 10.9. The van der Waals surface area contributed by atoms with Crippen molar-refractivity contribution in [3.63, 3.8) is 0 Å². The van der Waals surface area contributed by atoms with Crippen LogP contribution in [0.2, 0.25) is 0 Å². The molecule has 16 heavy (non-hydrogen) atoms. The largest absolute Gasteiger partial charge is 0.300 e. The lowest BCUT2D eigenvalue weighted by Crippen LogP contribution is -2.28. The zero-order chi connectivity index (χ0) is 11.7. The first-order valence-electron chi connectivity index (χ1n) is 6.38. The Kier molecular flexibility index (Phi) is 3.34. The van der Waals surface area contributed by atoms with Crippen LogP contribution in [0.15, 0.2) is 24.3 Å². The minimum atomic E-state index is 0.679. The van der Waals surface area contributed by atoms with E-state index in [0.717, 1.165) is 11.8 Å². The van der Waals surface area contributed by atoms with Crippen LogP contribution in [0.5, 0.6) is 0 Å². The van der Waals surface area contributed by atoms with Gasteiger partial charge in [0.05, 0.1) is 0 Å². The van der Waals surface area contributed by atoms with Gasteiger partial charge >= 0.3 is 0 Å². The first-order valence-corrected chi connectivity index (χ1v) is 6.38. The molecule has 2 rings (SSSR count). The van der Waals surface area contributed by atoms with E-state index in [2.05, 4.69) is 56.9 Å². The zero-order valence-corrected chi connectivity index (χ0v) is 10.9. The Morgan fingerprint density at radius 3 is 2.25 bits per heavy atom. The number of benzene rings is 1. The van der Waals surface area contributed by atoms with Crippen molar-refractivity contribution in [2.24, 2.45) is 5.92 Å². The second kappa shape index (κ2) is 4.58. The van der Waals surface area contributed by atoms with Gasteiger partial charge in [0.15, 0.2) is 0 Å². The average Bonchev–Trinajstić information content (AvgIpc) is 2.62. The summed E-state index contributed by atoms with van der Waals surface area (Å²) in [5.74, 6) is 1.51. The number of nitrogens with zero attached hydrogens (tertiary/aromatic N) is 1. The Hall–Kier alpha value is -0.820.